The Bertz CT molecular complexity index is 788. The fourth-order valence-electron chi connectivity index (χ4n) is 2.95. The Hall–Kier alpha value is -2.12. The van der Waals surface area contributed by atoms with E-state index in [0.717, 1.165) is 55.5 Å². The standard InChI is InChI=1S/C24H36ClN3O3S/c1-19(24(30)27-18-22-26-13-15-32-22)10-7-5-6-8-11-21(17-25)12-9-14-28(3)23(29)16-20(2)31-4/h10,13,15-17H,5-9,11-12,14,18H2,1-4H3,(H,27,30)/b19-10+,20-16+,21-17+. The Labute approximate surface area is 201 Å². The zero-order valence-corrected chi connectivity index (χ0v) is 21.2. The first-order valence-electron chi connectivity index (χ1n) is 11.0. The second-order valence-corrected chi connectivity index (χ2v) is 8.88. The summed E-state index contributed by atoms with van der Waals surface area (Å²) in [7, 11) is 3.34. The van der Waals surface area contributed by atoms with Gasteiger partial charge in [-0.1, -0.05) is 29.7 Å². The van der Waals surface area contributed by atoms with Crippen molar-refractivity contribution in [3.05, 3.63) is 51.2 Å². The topological polar surface area (TPSA) is 71.5 Å². The summed E-state index contributed by atoms with van der Waals surface area (Å²) in [5.74, 6) is 0.509. The molecule has 1 heterocycles. The van der Waals surface area contributed by atoms with Crippen LogP contribution >= 0.6 is 22.9 Å². The molecule has 0 aliphatic rings. The summed E-state index contributed by atoms with van der Waals surface area (Å²) in [6.07, 6.45) is 12.0. The van der Waals surface area contributed by atoms with Crippen LogP contribution in [-0.4, -0.2) is 42.4 Å². The number of rotatable bonds is 15. The molecule has 0 atom stereocenters. The van der Waals surface area contributed by atoms with Gasteiger partial charge < -0.3 is 15.0 Å². The monoisotopic (exact) mass is 481 g/mol. The molecule has 0 fully saturated rings. The van der Waals surface area contributed by atoms with Crippen molar-refractivity contribution in [2.45, 2.75) is 65.3 Å². The van der Waals surface area contributed by atoms with E-state index < -0.39 is 0 Å². The van der Waals surface area contributed by atoms with Crippen LogP contribution in [0.5, 0.6) is 0 Å². The van der Waals surface area contributed by atoms with Crippen molar-refractivity contribution < 1.29 is 14.3 Å². The molecule has 0 spiro atoms. The Morgan fingerprint density at radius 2 is 1.97 bits per heavy atom. The van der Waals surface area contributed by atoms with Crippen LogP contribution in [0.2, 0.25) is 0 Å². The van der Waals surface area contributed by atoms with Gasteiger partial charge in [0, 0.05) is 42.4 Å². The summed E-state index contributed by atoms with van der Waals surface area (Å²) in [4.78, 5) is 29.9. The number of hydrogen-bond donors (Lipinski definition) is 1. The number of halogens is 1. The first-order chi connectivity index (χ1) is 15.4. The van der Waals surface area contributed by atoms with Crippen LogP contribution in [0.15, 0.2) is 46.2 Å². The molecule has 0 bridgehead atoms. The molecule has 1 N–H and O–H groups in total. The normalized spacial score (nSPS) is 12.6. The van der Waals surface area contributed by atoms with Gasteiger partial charge in [0.05, 0.1) is 19.4 Å². The van der Waals surface area contributed by atoms with E-state index >= 15 is 0 Å². The lowest BCUT2D eigenvalue weighted by molar-refractivity contribution is -0.125. The predicted octanol–water partition coefficient (Wildman–Crippen LogP) is 5.57. The third-order valence-electron chi connectivity index (χ3n) is 5.06. The first-order valence-corrected chi connectivity index (χ1v) is 12.3. The molecule has 0 radical (unpaired) electrons. The highest BCUT2D eigenvalue weighted by Gasteiger charge is 2.07. The summed E-state index contributed by atoms with van der Waals surface area (Å²) < 4.78 is 5.01. The van der Waals surface area contributed by atoms with Crippen LogP contribution < -0.4 is 5.32 Å². The molecule has 0 saturated carbocycles. The van der Waals surface area contributed by atoms with Gasteiger partial charge in [0.2, 0.25) is 11.8 Å². The van der Waals surface area contributed by atoms with Crippen molar-refractivity contribution in [1.82, 2.24) is 15.2 Å². The van der Waals surface area contributed by atoms with E-state index in [-0.39, 0.29) is 11.8 Å². The Kier molecular flexibility index (Phi) is 14.4. The van der Waals surface area contributed by atoms with Gasteiger partial charge >= 0.3 is 0 Å². The van der Waals surface area contributed by atoms with E-state index in [0.29, 0.717) is 18.8 Å². The average Bonchev–Trinajstić information content (AvgIpc) is 3.31. The van der Waals surface area contributed by atoms with Gasteiger partial charge in [0.15, 0.2) is 0 Å². The summed E-state index contributed by atoms with van der Waals surface area (Å²) in [5, 5.41) is 5.70. The highest BCUT2D eigenvalue weighted by atomic mass is 35.5. The highest BCUT2D eigenvalue weighted by Crippen LogP contribution is 2.17. The fraction of sp³-hybridized carbons (Fsp3) is 0.542. The number of methoxy groups -OCH3 is 1. The molecule has 0 aliphatic heterocycles. The summed E-state index contributed by atoms with van der Waals surface area (Å²) >= 11 is 7.52. The molecular weight excluding hydrogens is 446 g/mol. The number of hydrogen-bond acceptors (Lipinski definition) is 5. The van der Waals surface area contributed by atoms with E-state index in [1.54, 1.807) is 37.7 Å². The van der Waals surface area contributed by atoms with Gasteiger partial charge in [-0.2, -0.15) is 0 Å². The minimum atomic E-state index is -0.0547. The smallest absolute Gasteiger partial charge is 0.249 e. The first kappa shape index (κ1) is 27.9. The van der Waals surface area contributed by atoms with Gasteiger partial charge in [0.1, 0.15) is 5.01 Å². The number of allylic oxidation sites excluding steroid dienone is 3. The Morgan fingerprint density at radius 3 is 2.62 bits per heavy atom. The van der Waals surface area contributed by atoms with Crippen molar-refractivity contribution in [3.63, 3.8) is 0 Å². The minimum Gasteiger partial charge on any atom is -0.501 e. The molecule has 0 saturated heterocycles. The van der Waals surface area contributed by atoms with Crippen LogP contribution in [0.4, 0.5) is 0 Å². The maximum Gasteiger partial charge on any atom is 0.249 e. The molecular formula is C24H36ClN3O3S. The summed E-state index contributed by atoms with van der Waals surface area (Å²) in [5.41, 5.74) is 3.63. The van der Waals surface area contributed by atoms with Crippen LogP contribution in [0, 0.1) is 0 Å². The zero-order chi connectivity index (χ0) is 23.8. The number of nitrogens with one attached hydrogen (secondary N) is 1. The molecule has 1 rings (SSSR count). The predicted molar refractivity (Wildman–Crippen MR) is 132 cm³/mol. The lowest BCUT2D eigenvalue weighted by atomic mass is 10.0. The maximum atomic E-state index is 12.1. The second kappa shape index (κ2) is 16.5. The SMILES string of the molecule is CO/C(C)=C/C(=O)N(C)CCC/C(=C/Cl)CCCCC/C=C(\C)C(=O)NCc1nccs1. The molecule has 32 heavy (non-hydrogen) atoms. The van der Waals surface area contributed by atoms with Crippen molar-refractivity contribution in [2.24, 2.45) is 0 Å². The zero-order valence-electron chi connectivity index (χ0n) is 19.7. The van der Waals surface area contributed by atoms with E-state index in [1.807, 2.05) is 18.4 Å². The number of thiazole rings is 1. The molecule has 8 heteroatoms. The van der Waals surface area contributed by atoms with Gasteiger partial charge in [-0.05, 0) is 52.4 Å². The van der Waals surface area contributed by atoms with Crippen LogP contribution in [0.3, 0.4) is 0 Å². The molecule has 1 aromatic rings. The summed E-state index contributed by atoms with van der Waals surface area (Å²) in [6.45, 7) is 4.76. The van der Waals surface area contributed by atoms with Crippen LogP contribution in [-0.2, 0) is 20.9 Å². The average molecular weight is 482 g/mol. The Balaban J connectivity index is 2.17. The fourth-order valence-corrected chi connectivity index (χ4v) is 3.72. The molecule has 0 aromatic carbocycles. The number of nitrogens with zero attached hydrogens (tertiary/aromatic N) is 2. The van der Waals surface area contributed by atoms with E-state index in [1.165, 1.54) is 23.0 Å². The second-order valence-electron chi connectivity index (χ2n) is 7.68. The van der Waals surface area contributed by atoms with Crippen molar-refractivity contribution in [1.29, 1.82) is 0 Å². The quantitative estimate of drug-likeness (QED) is 0.202. The number of aromatic nitrogens is 1. The van der Waals surface area contributed by atoms with Crippen molar-refractivity contribution in [3.8, 4) is 0 Å². The van der Waals surface area contributed by atoms with Crippen molar-refractivity contribution >= 4 is 34.8 Å². The number of unbranched alkanes of at least 4 members (excludes halogenated alkanes) is 3. The number of carbonyl (C=O) groups excluding carboxylic acids is 2. The number of amides is 2. The number of likely N-dealkylation sites (N-methyl/N-ethyl adjacent to an activating group) is 1. The van der Waals surface area contributed by atoms with Gasteiger partial charge in [-0.3, -0.25) is 9.59 Å². The molecule has 1 aromatic heterocycles. The number of carbonyl (C=O) groups is 2. The molecule has 6 nitrogen and oxygen atoms in total. The van der Waals surface area contributed by atoms with Crippen LogP contribution in [0.25, 0.3) is 0 Å². The minimum absolute atomic E-state index is 0.0381. The van der Waals surface area contributed by atoms with Gasteiger partial charge in [-0.15, -0.1) is 11.3 Å². The third kappa shape index (κ3) is 12.1. The van der Waals surface area contributed by atoms with E-state index in [9.17, 15) is 9.59 Å². The maximum absolute atomic E-state index is 12.1. The largest absolute Gasteiger partial charge is 0.501 e. The van der Waals surface area contributed by atoms with Gasteiger partial charge in [0.25, 0.3) is 0 Å². The highest BCUT2D eigenvalue weighted by molar-refractivity contribution is 7.09. The van der Waals surface area contributed by atoms with Crippen LogP contribution in [0.1, 0.15) is 63.8 Å². The lowest BCUT2D eigenvalue weighted by Gasteiger charge is -2.16. The molecule has 0 unspecified atom stereocenters. The number of ether oxygens (including phenoxy) is 1. The van der Waals surface area contributed by atoms with E-state index in [4.69, 9.17) is 16.3 Å². The third-order valence-corrected chi connectivity index (χ3v) is 6.15. The lowest BCUT2D eigenvalue weighted by Crippen LogP contribution is -2.26. The van der Waals surface area contributed by atoms with E-state index in [2.05, 4.69) is 10.3 Å². The van der Waals surface area contributed by atoms with Gasteiger partial charge in [-0.25, -0.2) is 4.98 Å². The van der Waals surface area contributed by atoms with Crippen molar-refractivity contribution in [2.75, 3.05) is 20.7 Å². The summed E-state index contributed by atoms with van der Waals surface area (Å²) in [6, 6.07) is 0. The molecule has 178 valence electrons. The molecule has 2 amide bonds. The Morgan fingerprint density at radius 1 is 1.22 bits per heavy atom. The molecule has 0 aliphatic carbocycles.